The SMILES string of the molecule is CCc1ccnc(C(=O)N2CCNCC2c2ccncc2)c1. The Balaban J connectivity index is 1.88. The number of piperazine rings is 1. The summed E-state index contributed by atoms with van der Waals surface area (Å²) in [7, 11) is 0. The standard InChI is InChI=1S/C17H20N4O/c1-2-13-3-8-20-15(11-13)17(22)21-10-9-19-12-16(21)14-4-6-18-7-5-14/h3-8,11,16,19H,2,9-10,12H2,1H3. The summed E-state index contributed by atoms with van der Waals surface area (Å²) in [5.41, 5.74) is 2.76. The van der Waals surface area contributed by atoms with Crippen molar-refractivity contribution in [3.8, 4) is 0 Å². The van der Waals surface area contributed by atoms with Crippen LogP contribution in [0.2, 0.25) is 0 Å². The average molecular weight is 296 g/mol. The minimum atomic E-state index is -0.00128. The van der Waals surface area contributed by atoms with Crippen LogP contribution in [-0.4, -0.2) is 40.4 Å². The van der Waals surface area contributed by atoms with Gasteiger partial charge in [0, 0.05) is 38.2 Å². The van der Waals surface area contributed by atoms with Gasteiger partial charge in [0.2, 0.25) is 0 Å². The molecule has 1 unspecified atom stereocenters. The van der Waals surface area contributed by atoms with Crippen LogP contribution in [0.25, 0.3) is 0 Å². The monoisotopic (exact) mass is 296 g/mol. The molecule has 1 saturated heterocycles. The summed E-state index contributed by atoms with van der Waals surface area (Å²) in [4.78, 5) is 23.1. The van der Waals surface area contributed by atoms with Gasteiger partial charge in [-0.15, -0.1) is 0 Å². The number of carbonyl (C=O) groups is 1. The molecule has 1 atom stereocenters. The van der Waals surface area contributed by atoms with Crippen molar-refractivity contribution in [2.75, 3.05) is 19.6 Å². The van der Waals surface area contributed by atoms with Crippen molar-refractivity contribution in [2.24, 2.45) is 0 Å². The van der Waals surface area contributed by atoms with E-state index in [-0.39, 0.29) is 11.9 Å². The Hall–Kier alpha value is -2.27. The van der Waals surface area contributed by atoms with E-state index in [0.29, 0.717) is 12.2 Å². The molecule has 1 fully saturated rings. The maximum absolute atomic E-state index is 12.9. The lowest BCUT2D eigenvalue weighted by Gasteiger charge is -2.36. The van der Waals surface area contributed by atoms with Gasteiger partial charge >= 0.3 is 0 Å². The molecule has 5 heteroatoms. The van der Waals surface area contributed by atoms with Gasteiger partial charge in [-0.05, 0) is 41.8 Å². The van der Waals surface area contributed by atoms with E-state index < -0.39 is 0 Å². The van der Waals surface area contributed by atoms with E-state index in [4.69, 9.17) is 0 Å². The first kappa shape index (κ1) is 14.7. The summed E-state index contributed by atoms with van der Waals surface area (Å²) in [6.07, 6.45) is 6.15. The highest BCUT2D eigenvalue weighted by atomic mass is 16.2. The lowest BCUT2D eigenvalue weighted by molar-refractivity contribution is 0.0628. The van der Waals surface area contributed by atoms with E-state index >= 15 is 0 Å². The second kappa shape index (κ2) is 6.66. The van der Waals surface area contributed by atoms with E-state index in [1.54, 1.807) is 18.6 Å². The molecular formula is C17H20N4O. The smallest absolute Gasteiger partial charge is 0.273 e. The second-order valence-corrected chi connectivity index (χ2v) is 5.40. The number of hydrogen-bond donors (Lipinski definition) is 1. The maximum atomic E-state index is 12.9. The number of pyridine rings is 2. The number of aryl methyl sites for hydroxylation is 1. The fraction of sp³-hybridized carbons (Fsp3) is 0.353. The van der Waals surface area contributed by atoms with Crippen molar-refractivity contribution in [1.29, 1.82) is 0 Å². The first-order chi connectivity index (χ1) is 10.8. The summed E-state index contributed by atoms with van der Waals surface area (Å²) < 4.78 is 0. The molecule has 0 saturated carbocycles. The Bertz CT molecular complexity index is 644. The van der Waals surface area contributed by atoms with E-state index in [1.165, 1.54) is 0 Å². The Morgan fingerprint density at radius 1 is 1.32 bits per heavy atom. The van der Waals surface area contributed by atoms with Gasteiger partial charge in [-0.1, -0.05) is 6.92 Å². The molecule has 5 nitrogen and oxygen atoms in total. The van der Waals surface area contributed by atoms with Gasteiger partial charge in [0.05, 0.1) is 6.04 Å². The molecule has 2 aromatic heterocycles. The van der Waals surface area contributed by atoms with Gasteiger partial charge < -0.3 is 10.2 Å². The number of carbonyl (C=O) groups excluding carboxylic acids is 1. The van der Waals surface area contributed by atoms with Crippen LogP contribution in [0.4, 0.5) is 0 Å². The molecule has 1 amide bonds. The van der Waals surface area contributed by atoms with E-state index in [9.17, 15) is 4.79 Å². The number of nitrogens with zero attached hydrogens (tertiary/aromatic N) is 3. The van der Waals surface area contributed by atoms with Crippen LogP contribution in [0, 0.1) is 0 Å². The fourth-order valence-electron chi connectivity index (χ4n) is 2.79. The Morgan fingerprint density at radius 3 is 2.91 bits per heavy atom. The lowest BCUT2D eigenvalue weighted by atomic mass is 10.0. The molecule has 1 N–H and O–H groups in total. The van der Waals surface area contributed by atoms with Crippen LogP contribution in [0.15, 0.2) is 42.9 Å². The molecule has 2 aromatic rings. The van der Waals surface area contributed by atoms with Crippen molar-refractivity contribution in [3.05, 3.63) is 59.7 Å². The molecule has 0 bridgehead atoms. The molecule has 0 aromatic carbocycles. The minimum absolute atomic E-state index is 0.00128. The molecule has 3 rings (SSSR count). The number of amides is 1. The van der Waals surface area contributed by atoms with Crippen molar-refractivity contribution in [2.45, 2.75) is 19.4 Å². The molecule has 114 valence electrons. The second-order valence-electron chi connectivity index (χ2n) is 5.40. The number of aromatic nitrogens is 2. The Morgan fingerprint density at radius 2 is 2.14 bits per heavy atom. The molecule has 1 aliphatic rings. The quantitative estimate of drug-likeness (QED) is 0.939. The van der Waals surface area contributed by atoms with Crippen LogP contribution < -0.4 is 5.32 Å². The predicted molar refractivity (Wildman–Crippen MR) is 84.5 cm³/mol. The first-order valence-corrected chi connectivity index (χ1v) is 7.66. The van der Waals surface area contributed by atoms with Gasteiger partial charge in [0.15, 0.2) is 0 Å². The molecule has 3 heterocycles. The van der Waals surface area contributed by atoms with Crippen LogP contribution in [0.5, 0.6) is 0 Å². The first-order valence-electron chi connectivity index (χ1n) is 7.66. The van der Waals surface area contributed by atoms with Crippen LogP contribution in [-0.2, 0) is 6.42 Å². The molecule has 0 radical (unpaired) electrons. The average Bonchev–Trinajstić information content (AvgIpc) is 2.62. The zero-order valence-electron chi connectivity index (χ0n) is 12.7. The lowest BCUT2D eigenvalue weighted by Crippen LogP contribution is -2.48. The third kappa shape index (κ3) is 2.99. The highest BCUT2D eigenvalue weighted by molar-refractivity contribution is 5.92. The number of nitrogens with one attached hydrogen (secondary N) is 1. The molecule has 0 spiro atoms. The van der Waals surface area contributed by atoms with Crippen molar-refractivity contribution < 1.29 is 4.79 Å². The Labute approximate surface area is 130 Å². The summed E-state index contributed by atoms with van der Waals surface area (Å²) in [5.74, 6) is -0.00128. The van der Waals surface area contributed by atoms with Crippen molar-refractivity contribution >= 4 is 5.91 Å². The van der Waals surface area contributed by atoms with Gasteiger partial charge in [-0.2, -0.15) is 0 Å². The van der Waals surface area contributed by atoms with Crippen molar-refractivity contribution in [1.82, 2.24) is 20.2 Å². The van der Waals surface area contributed by atoms with Crippen molar-refractivity contribution in [3.63, 3.8) is 0 Å². The molecule has 0 aliphatic carbocycles. The van der Waals surface area contributed by atoms with Gasteiger partial charge in [-0.3, -0.25) is 14.8 Å². The fourth-order valence-corrected chi connectivity index (χ4v) is 2.79. The van der Waals surface area contributed by atoms with Crippen LogP contribution in [0.3, 0.4) is 0 Å². The molecule has 22 heavy (non-hydrogen) atoms. The van der Waals surface area contributed by atoms with E-state index in [0.717, 1.165) is 30.6 Å². The van der Waals surface area contributed by atoms with Gasteiger partial charge in [0.1, 0.15) is 5.69 Å². The van der Waals surface area contributed by atoms with Crippen LogP contribution in [0.1, 0.15) is 34.6 Å². The summed E-state index contributed by atoms with van der Waals surface area (Å²) in [6, 6.07) is 7.81. The minimum Gasteiger partial charge on any atom is -0.328 e. The van der Waals surface area contributed by atoms with E-state index in [2.05, 4.69) is 22.2 Å². The van der Waals surface area contributed by atoms with Gasteiger partial charge in [0.25, 0.3) is 5.91 Å². The third-order valence-corrected chi connectivity index (χ3v) is 4.05. The maximum Gasteiger partial charge on any atom is 0.273 e. The largest absolute Gasteiger partial charge is 0.328 e. The summed E-state index contributed by atoms with van der Waals surface area (Å²) >= 11 is 0. The zero-order chi connectivity index (χ0) is 15.4. The highest BCUT2D eigenvalue weighted by Gasteiger charge is 2.29. The zero-order valence-corrected chi connectivity index (χ0v) is 12.7. The number of hydrogen-bond acceptors (Lipinski definition) is 4. The van der Waals surface area contributed by atoms with E-state index in [1.807, 2.05) is 29.2 Å². The van der Waals surface area contributed by atoms with Crippen LogP contribution >= 0.6 is 0 Å². The van der Waals surface area contributed by atoms with Gasteiger partial charge in [-0.25, -0.2) is 0 Å². The highest BCUT2D eigenvalue weighted by Crippen LogP contribution is 2.23. The third-order valence-electron chi connectivity index (χ3n) is 4.05. The number of rotatable bonds is 3. The summed E-state index contributed by atoms with van der Waals surface area (Å²) in [5, 5.41) is 3.36. The topological polar surface area (TPSA) is 58.1 Å². The summed E-state index contributed by atoms with van der Waals surface area (Å²) in [6.45, 7) is 4.32. The predicted octanol–water partition coefficient (Wildman–Crippen LogP) is 1.83. The molecular weight excluding hydrogens is 276 g/mol. The Kier molecular flexibility index (Phi) is 4.44. The normalized spacial score (nSPS) is 18.2. The molecule has 1 aliphatic heterocycles.